The number of fused-ring (bicyclic) bond motifs is 1. The number of benzene rings is 1. The first kappa shape index (κ1) is 23.3. The highest BCUT2D eigenvalue weighted by Crippen LogP contribution is 2.45. The van der Waals surface area contributed by atoms with Crippen LogP contribution in [0.2, 0.25) is 0 Å². The molecule has 3 heterocycles. The van der Waals surface area contributed by atoms with Crippen LogP contribution in [0.1, 0.15) is 64.1 Å². The fourth-order valence-electron chi connectivity index (χ4n) is 3.96. The summed E-state index contributed by atoms with van der Waals surface area (Å²) in [7, 11) is 0. The Balaban J connectivity index is 0.000000913. The molecule has 1 aromatic carbocycles. The van der Waals surface area contributed by atoms with Gasteiger partial charge in [0.2, 0.25) is 0 Å². The highest BCUT2D eigenvalue weighted by atomic mass is 16.3. The Hall–Kier alpha value is -3.34. The van der Waals surface area contributed by atoms with Crippen LogP contribution in [0.3, 0.4) is 0 Å². The van der Waals surface area contributed by atoms with Crippen LogP contribution in [0.4, 0.5) is 5.69 Å². The smallest absolute Gasteiger partial charge is 0.162 e. The van der Waals surface area contributed by atoms with Gasteiger partial charge in [0.15, 0.2) is 5.78 Å². The lowest BCUT2D eigenvalue weighted by atomic mass is 9.95. The first-order chi connectivity index (χ1) is 15.4. The van der Waals surface area contributed by atoms with Crippen molar-refractivity contribution in [2.45, 2.75) is 59.4 Å². The van der Waals surface area contributed by atoms with Crippen LogP contribution in [0.5, 0.6) is 0 Å². The van der Waals surface area contributed by atoms with Crippen LogP contribution in [0, 0.1) is 0 Å². The molecule has 0 bridgehead atoms. The molecule has 1 aliphatic heterocycles. The average Bonchev–Trinajstić information content (AvgIpc) is 3.35. The van der Waals surface area contributed by atoms with Crippen LogP contribution in [0.25, 0.3) is 5.65 Å². The summed E-state index contributed by atoms with van der Waals surface area (Å²) in [6.07, 6.45) is 10.1. The normalized spacial score (nSPS) is 15.8. The maximum absolute atomic E-state index is 12.4. The average molecular weight is 432 g/mol. The lowest BCUT2D eigenvalue weighted by molar-refractivity contribution is -0.113. The maximum atomic E-state index is 12.4. The van der Waals surface area contributed by atoms with Crippen LogP contribution >= 0.6 is 0 Å². The van der Waals surface area contributed by atoms with Gasteiger partial charge in [0.05, 0.1) is 17.3 Å². The molecule has 3 aromatic rings. The third-order valence-corrected chi connectivity index (χ3v) is 5.50. The number of carbonyl (C=O) groups excluding carboxylic acids is 1. The van der Waals surface area contributed by atoms with Gasteiger partial charge in [0, 0.05) is 30.3 Å². The van der Waals surface area contributed by atoms with Crippen molar-refractivity contribution in [1.29, 1.82) is 0 Å². The molecule has 0 fully saturated rings. The van der Waals surface area contributed by atoms with Crippen LogP contribution in [-0.2, 0) is 11.2 Å². The van der Waals surface area contributed by atoms with Gasteiger partial charge in [-0.25, -0.2) is 4.98 Å². The van der Waals surface area contributed by atoms with E-state index in [-0.39, 0.29) is 11.5 Å². The Bertz CT molecular complexity index is 1130. The van der Waals surface area contributed by atoms with Gasteiger partial charge < -0.3 is 14.4 Å². The van der Waals surface area contributed by atoms with Crippen molar-refractivity contribution in [3.8, 4) is 0 Å². The molecule has 0 amide bonds. The van der Waals surface area contributed by atoms with Gasteiger partial charge >= 0.3 is 0 Å². The quantitative estimate of drug-likeness (QED) is 0.479. The Kier molecular flexibility index (Phi) is 7.52. The third kappa shape index (κ3) is 4.62. The van der Waals surface area contributed by atoms with E-state index in [1.165, 1.54) is 18.9 Å². The molecule has 5 nitrogen and oxygen atoms in total. The summed E-state index contributed by atoms with van der Waals surface area (Å²) in [5, 5.41) is 10.7. The number of unbranched alkanes of at least 4 members (excludes halogenated alkanes) is 1. The van der Waals surface area contributed by atoms with Gasteiger partial charge in [-0.05, 0) is 37.0 Å². The predicted octanol–water partition coefficient (Wildman–Crippen LogP) is 6.57. The number of aliphatic hydroxyl groups excluding tert-OH is 1. The molecule has 0 saturated heterocycles. The van der Waals surface area contributed by atoms with Crippen molar-refractivity contribution >= 4 is 17.1 Å². The number of anilines is 1. The highest BCUT2D eigenvalue weighted by Gasteiger charge is 2.39. The number of hydrogen-bond acceptors (Lipinski definition) is 4. The zero-order valence-electron chi connectivity index (χ0n) is 19.5. The largest absolute Gasteiger partial charge is 0.505 e. The molecule has 1 unspecified atom stereocenters. The van der Waals surface area contributed by atoms with Crippen LogP contribution < -0.4 is 4.90 Å². The molecule has 2 aromatic heterocycles. The number of aliphatic hydroxyl groups is 1. The van der Waals surface area contributed by atoms with Gasteiger partial charge in [0.1, 0.15) is 11.4 Å². The summed E-state index contributed by atoms with van der Waals surface area (Å²) in [6.45, 7) is 12.0. The second kappa shape index (κ2) is 10.3. The molecule has 1 atom stereocenters. The van der Waals surface area contributed by atoms with Crippen molar-refractivity contribution in [1.82, 2.24) is 9.38 Å². The van der Waals surface area contributed by atoms with Crippen molar-refractivity contribution in [2.24, 2.45) is 0 Å². The number of Topliss-reactive ketones (excluding diaryl/α,β-unsaturated/α-hetero) is 1. The van der Waals surface area contributed by atoms with E-state index in [1.54, 1.807) is 6.20 Å². The Morgan fingerprint density at radius 2 is 1.81 bits per heavy atom. The summed E-state index contributed by atoms with van der Waals surface area (Å²) in [5.41, 5.74) is 4.64. The molecule has 0 saturated carbocycles. The summed E-state index contributed by atoms with van der Waals surface area (Å²) >= 11 is 0. The predicted molar refractivity (Wildman–Crippen MR) is 131 cm³/mol. The number of rotatable bonds is 6. The number of hydrogen-bond donors (Lipinski definition) is 1. The van der Waals surface area contributed by atoms with E-state index in [4.69, 9.17) is 0 Å². The molecule has 0 spiro atoms. The monoisotopic (exact) mass is 431 g/mol. The fourth-order valence-corrected chi connectivity index (χ4v) is 3.96. The summed E-state index contributed by atoms with van der Waals surface area (Å²) < 4.78 is 1.92. The Labute approximate surface area is 190 Å². The molecular formula is C27H33N3O2. The lowest BCUT2D eigenvalue weighted by Gasteiger charge is -2.29. The second-order valence-corrected chi connectivity index (χ2v) is 8.17. The van der Waals surface area contributed by atoms with Gasteiger partial charge in [-0.15, -0.1) is 0 Å². The Morgan fingerprint density at radius 1 is 1.12 bits per heavy atom. The second-order valence-electron chi connectivity index (χ2n) is 8.17. The number of carbonyl (C=O) groups is 1. The van der Waals surface area contributed by atoms with Crippen molar-refractivity contribution in [3.05, 3.63) is 89.7 Å². The van der Waals surface area contributed by atoms with Crippen molar-refractivity contribution in [3.63, 3.8) is 0 Å². The Morgan fingerprint density at radius 3 is 2.44 bits per heavy atom. The minimum atomic E-state index is -0.419. The minimum absolute atomic E-state index is 0.0409. The molecule has 0 aliphatic carbocycles. The summed E-state index contributed by atoms with van der Waals surface area (Å²) in [6, 6.07) is 11.8. The molecule has 0 radical (unpaired) electrons. The first-order valence-electron chi connectivity index (χ1n) is 11.4. The minimum Gasteiger partial charge on any atom is -0.505 e. The highest BCUT2D eigenvalue weighted by molar-refractivity contribution is 5.98. The van der Waals surface area contributed by atoms with E-state index in [1.807, 2.05) is 46.0 Å². The number of pyridine rings is 1. The number of imidazole rings is 1. The standard InChI is InChI=1S/C24H25N3O2.C3H8/c1-4-5-6-18-7-9-19(10-8-18)23-22(17(3)28)24(29)16(2)27(23)20-11-13-26-14-12-25-21(26)15-20;1-3-2/h7-15,23,29H,2,4-6H2,1,3H3;3H2,1-2H3. The van der Waals surface area contributed by atoms with Gasteiger partial charge in [-0.3, -0.25) is 4.79 Å². The van der Waals surface area contributed by atoms with E-state index < -0.39 is 6.04 Å². The zero-order valence-corrected chi connectivity index (χ0v) is 19.5. The van der Waals surface area contributed by atoms with E-state index >= 15 is 0 Å². The number of aryl methyl sites for hydroxylation is 1. The maximum Gasteiger partial charge on any atom is 0.162 e. The van der Waals surface area contributed by atoms with Gasteiger partial charge in [-0.2, -0.15) is 0 Å². The lowest BCUT2D eigenvalue weighted by Crippen LogP contribution is -2.25. The zero-order chi connectivity index (χ0) is 23.3. The molecule has 4 rings (SSSR count). The fraction of sp³-hybridized carbons (Fsp3) is 0.333. The van der Waals surface area contributed by atoms with E-state index in [9.17, 15) is 9.90 Å². The molecular weight excluding hydrogens is 398 g/mol. The number of nitrogens with zero attached hydrogens (tertiary/aromatic N) is 3. The molecule has 32 heavy (non-hydrogen) atoms. The number of aromatic nitrogens is 2. The molecule has 5 heteroatoms. The summed E-state index contributed by atoms with van der Waals surface area (Å²) in [5.74, 6) is -0.200. The first-order valence-corrected chi connectivity index (χ1v) is 11.4. The topological polar surface area (TPSA) is 57.8 Å². The van der Waals surface area contributed by atoms with Gasteiger partial charge in [0.25, 0.3) is 0 Å². The van der Waals surface area contributed by atoms with Crippen molar-refractivity contribution in [2.75, 3.05) is 4.90 Å². The SMILES string of the molecule is C=C1C(O)=C(C(C)=O)C(c2ccc(CCCC)cc2)N1c1ccn2ccnc2c1.CCC. The van der Waals surface area contributed by atoms with Gasteiger partial charge in [-0.1, -0.05) is 64.5 Å². The van der Waals surface area contributed by atoms with E-state index in [0.29, 0.717) is 11.3 Å². The van der Waals surface area contributed by atoms with Crippen LogP contribution in [0.15, 0.2) is 78.6 Å². The molecule has 1 aliphatic rings. The number of ketones is 1. The third-order valence-electron chi connectivity index (χ3n) is 5.50. The molecule has 168 valence electrons. The van der Waals surface area contributed by atoms with E-state index in [0.717, 1.165) is 36.2 Å². The van der Waals surface area contributed by atoms with Crippen LogP contribution in [-0.4, -0.2) is 20.3 Å². The molecule has 1 N–H and O–H groups in total. The van der Waals surface area contributed by atoms with Crippen molar-refractivity contribution < 1.29 is 9.90 Å². The van der Waals surface area contributed by atoms with E-state index in [2.05, 4.69) is 44.5 Å². The summed E-state index contributed by atoms with van der Waals surface area (Å²) in [4.78, 5) is 18.7.